The molecule has 2 rings (SSSR count). The average molecular weight is 206 g/mol. The number of pyridine rings is 1. The zero-order chi connectivity index (χ0) is 10.5. The van der Waals surface area contributed by atoms with Crippen LogP contribution in [0.4, 0.5) is 0 Å². The van der Waals surface area contributed by atoms with Gasteiger partial charge in [-0.15, -0.1) is 0 Å². The second-order valence-electron chi connectivity index (χ2n) is 3.95. The fraction of sp³-hybridized carbons (Fsp3) is 0.583. The van der Waals surface area contributed by atoms with Gasteiger partial charge in [-0.3, -0.25) is 4.98 Å². The zero-order valence-corrected chi connectivity index (χ0v) is 9.20. The van der Waals surface area contributed by atoms with E-state index in [0.29, 0.717) is 6.04 Å². The molecule has 0 saturated carbocycles. The van der Waals surface area contributed by atoms with E-state index in [9.17, 15) is 0 Å². The predicted molar refractivity (Wildman–Crippen MR) is 60.0 cm³/mol. The Balaban J connectivity index is 2.04. The van der Waals surface area contributed by atoms with Gasteiger partial charge in [-0.25, -0.2) is 0 Å². The third-order valence-corrected chi connectivity index (χ3v) is 2.67. The lowest BCUT2D eigenvalue weighted by molar-refractivity contribution is 0.315. The first-order valence-corrected chi connectivity index (χ1v) is 5.71. The smallest absolute Gasteiger partial charge is 0.137 e. The third kappa shape index (κ3) is 2.69. The molecular weight excluding hydrogens is 188 g/mol. The predicted octanol–water partition coefficient (Wildman–Crippen LogP) is 2.29. The molecule has 3 heteroatoms. The van der Waals surface area contributed by atoms with Gasteiger partial charge in [0.25, 0.3) is 0 Å². The standard InChI is InChI=1S/C12H18N2O/c1-2-6-15-11-7-10(8-13-9-11)12-4-3-5-14-12/h7-9,12,14H,2-6H2,1H3. The minimum absolute atomic E-state index is 0.475. The number of hydrogen-bond donors (Lipinski definition) is 1. The molecule has 1 aliphatic rings. The zero-order valence-electron chi connectivity index (χ0n) is 9.20. The van der Waals surface area contributed by atoms with Gasteiger partial charge in [0.05, 0.1) is 12.8 Å². The van der Waals surface area contributed by atoms with Gasteiger partial charge in [0, 0.05) is 12.2 Å². The van der Waals surface area contributed by atoms with Crippen molar-refractivity contribution in [1.29, 1.82) is 0 Å². The minimum atomic E-state index is 0.475. The summed E-state index contributed by atoms with van der Waals surface area (Å²) in [7, 11) is 0. The molecule has 0 amide bonds. The SMILES string of the molecule is CCCOc1cncc(C2CCCN2)c1. The van der Waals surface area contributed by atoms with E-state index in [1.807, 2.05) is 6.20 Å². The van der Waals surface area contributed by atoms with Crippen LogP contribution in [0, 0.1) is 0 Å². The van der Waals surface area contributed by atoms with Crippen molar-refractivity contribution >= 4 is 0 Å². The van der Waals surface area contributed by atoms with E-state index < -0.39 is 0 Å². The minimum Gasteiger partial charge on any atom is -0.492 e. The van der Waals surface area contributed by atoms with Crippen LogP contribution in [0.3, 0.4) is 0 Å². The molecule has 1 fully saturated rings. The Bertz CT molecular complexity index is 308. The fourth-order valence-electron chi connectivity index (χ4n) is 1.89. The molecule has 2 heterocycles. The second-order valence-corrected chi connectivity index (χ2v) is 3.95. The summed E-state index contributed by atoms with van der Waals surface area (Å²) >= 11 is 0. The highest BCUT2D eigenvalue weighted by Gasteiger charge is 2.16. The first-order chi connectivity index (χ1) is 7.40. The van der Waals surface area contributed by atoms with Crippen LogP contribution in [0.1, 0.15) is 37.8 Å². The number of nitrogens with zero attached hydrogens (tertiary/aromatic N) is 1. The molecule has 82 valence electrons. The van der Waals surface area contributed by atoms with E-state index >= 15 is 0 Å². The summed E-state index contributed by atoms with van der Waals surface area (Å²) in [6.07, 6.45) is 7.21. The molecule has 1 aliphatic heterocycles. The quantitative estimate of drug-likeness (QED) is 0.820. The molecule has 1 aromatic heterocycles. The monoisotopic (exact) mass is 206 g/mol. The number of ether oxygens (including phenoxy) is 1. The molecule has 1 unspecified atom stereocenters. The Kier molecular flexibility index (Phi) is 3.56. The van der Waals surface area contributed by atoms with Gasteiger partial charge in [0.1, 0.15) is 5.75 Å². The van der Waals surface area contributed by atoms with Crippen LogP contribution in [0.15, 0.2) is 18.5 Å². The molecule has 0 bridgehead atoms. The maximum atomic E-state index is 5.57. The molecule has 0 radical (unpaired) electrons. The van der Waals surface area contributed by atoms with E-state index in [4.69, 9.17) is 4.74 Å². The lowest BCUT2D eigenvalue weighted by atomic mass is 10.1. The van der Waals surface area contributed by atoms with Crippen LogP contribution in [0.2, 0.25) is 0 Å². The molecule has 0 aromatic carbocycles. The van der Waals surface area contributed by atoms with Crippen LogP contribution in [-0.2, 0) is 0 Å². The van der Waals surface area contributed by atoms with Crippen LogP contribution >= 0.6 is 0 Å². The van der Waals surface area contributed by atoms with Gasteiger partial charge >= 0.3 is 0 Å². The largest absolute Gasteiger partial charge is 0.492 e. The van der Waals surface area contributed by atoms with E-state index in [1.165, 1.54) is 18.4 Å². The van der Waals surface area contributed by atoms with E-state index in [-0.39, 0.29) is 0 Å². The third-order valence-electron chi connectivity index (χ3n) is 2.67. The molecular formula is C12H18N2O. The number of hydrogen-bond acceptors (Lipinski definition) is 3. The van der Waals surface area contributed by atoms with Crippen molar-refractivity contribution in [3.05, 3.63) is 24.0 Å². The Morgan fingerprint density at radius 1 is 1.53 bits per heavy atom. The molecule has 15 heavy (non-hydrogen) atoms. The maximum Gasteiger partial charge on any atom is 0.137 e. The van der Waals surface area contributed by atoms with Gasteiger partial charge in [-0.05, 0) is 37.4 Å². The molecule has 1 saturated heterocycles. The van der Waals surface area contributed by atoms with Crippen molar-refractivity contribution in [1.82, 2.24) is 10.3 Å². The summed E-state index contributed by atoms with van der Waals surface area (Å²) in [4.78, 5) is 4.22. The summed E-state index contributed by atoms with van der Waals surface area (Å²) in [5.74, 6) is 0.892. The van der Waals surface area contributed by atoms with Gasteiger partial charge in [-0.1, -0.05) is 6.92 Å². The van der Waals surface area contributed by atoms with Crippen molar-refractivity contribution in [2.24, 2.45) is 0 Å². The Labute approximate surface area is 90.9 Å². The van der Waals surface area contributed by atoms with Crippen LogP contribution in [0.5, 0.6) is 5.75 Å². The van der Waals surface area contributed by atoms with Crippen molar-refractivity contribution in [2.75, 3.05) is 13.2 Å². The number of aromatic nitrogens is 1. The molecule has 1 atom stereocenters. The molecule has 1 aromatic rings. The lowest BCUT2D eigenvalue weighted by Gasteiger charge is -2.11. The highest BCUT2D eigenvalue weighted by molar-refractivity contribution is 5.26. The van der Waals surface area contributed by atoms with E-state index in [0.717, 1.165) is 25.3 Å². The number of nitrogens with one attached hydrogen (secondary N) is 1. The summed E-state index contributed by atoms with van der Waals surface area (Å²) in [6, 6.07) is 2.58. The maximum absolute atomic E-state index is 5.57. The van der Waals surface area contributed by atoms with Gasteiger partial charge in [0.2, 0.25) is 0 Å². The fourth-order valence-corrected chi connectivity index (χ4v) is 1.89. The van der Waals surface area contributed by atoms with E-state index in [2.05, 4.69) is 23.3 Å². The van der Waals surface area contributed by atoms with Crippen LogP contribution in [0.25, 0.3) is 0 Å². The molecule has 3 nitrogen and oxygen atoms in total. The Hall–Kier alpha value is -1.09. The van der Waals surface area contributed by atoms with Crippen molar-refractivity contribution in [3.63, 3.8) is 0 Å². The molecule has 1 N–H and O–H groups in total. The van der Waals surface area contributed by atoms with E-state index in [1.54, 1.807) is 6.20 Å². The number of rotatable bonds is 4. The Morgan fingerprint density at radius 2 is 2.47 bits per heavy atom. The summed E-state index contributed by atoms with van der Waals surface area (Å²) in [6.45, 7) is 3.99. The highest BCUT2D eigenvalue weighted by atomic mass is 16.5. The summed E-state index contributed by atoms with van der Waals surface area (Å²) in [5.41, 5.74) is 1.25. The first kappa shape index (κ1) is 10.4. The first-order valence-electron chi connectivity index (χ1n) is 5.71. The van der Waals surface area contributed by atoms with Crippen LogP contribution in [-0.4, -0.2) is 18.1 Å². The van der Waals surface area contributed by atoms with Crippen molar-refractivity contribution in [2.45, 2.75) is 32.2 Å². The second kappa shape index (κ2) is 5.12. The van der Waals surface area contributed by atoms with Crippen molar-refractivity contribution < 1.29 is 4.74 Å². The molecule has 0 spiro atoms. The van der Waals surface area contributed by atoms with Gasteiger partial charge < -0.3 is 10.1 Å². The van der Waals surface area contributed by atoms with Gasteiger partial charge in [-0.2, -0.15) is 0 Å². The Morgan fingerprint density at radius 3 is 3.20 bits per heavy atom. The average Bonchev–Trinajstić information content (AvgIpc) is 2.80. The topological polar surface area (TPSA) is 34.1 Å². The van der Waals surface area contributed by atoms with Crippen LogP contribution < -0.4 is 10.1 Å². The van der Waals surface area contributed by atoms with Crippen molar-refractivity contribution in [3.8, 4) is 5.75 Å². The van der Waals surface area contributed by atoms with Gasteiger partial charge in [0.15, 0.2) is 0 Å². The summed E-state index contributed by atoms with van der Waals surface area (Å²) in [5, 5.41) is 3.46. The highest BCUT2D eigenvalue weighted by Crippen LogP contribution is 2.24. The normalized spacial score (nSPS) is 20.5. The lowest BCUT2D eigenvalue weighted by Crippen LogP contribution is -2.13. The summed E-state index contributed by atoms with van der Waals surface area (Å²) < 4.78 is 5.57. The molecule has 0 aliphatic carbocycles.